The molecule has 6 rings (SSSR count). The Morgan fingerprint density at radius 1 is 0.500 bits per heavy atom. The van der Waals surface area contributed by atoms with Gasteiger partial charge in [0.05, 0.1) is 0 Å². The van der Waals surface area contributed by atoms with E-state index in [1.165, 1.54) is 44.5 Å². The summed E-state index contributed by atoms with van der Waals surface area (Å²) in [7, 11) is 0. The van der Waals surface area contributed by atoms with Gasteiger partial charge in [0.15, 0.2) is 0 Å². The predicted molar refractivity (Wildman–Crippen MR) is 179 cm³/mol. The van der Waals surface area contributed by atoms with Gasteiger partial charge in [-0.1, -0.05) is 0 Å². The van der Waals surface area contributed by atoms with Gasteiger partial charge in [-0.3, -0.25) is 0 Å². The van der Waals surface area contributed by atoms with Gasteiger partial charge < -0.3 is 24.8 Å². The Morgan fingerprint density at radius 2 is 0.795 bits per heavy atom. The van der Waals surface area contributed by atoms with Crippen molar-refractivity contribution in [3.8, 4) is 0 Å². The quantitative estimate of drug-likeness (QED) is 0.392. The smallest absolute Gasteiger partial charge is 1.00 e. The molecule has 228 valence electrons. The molecule has 0 spiro atoms. The van der Waals surface area contributed by atoms with Crippen LogP contribution in [0.25, 0.3) is 12.2 Å². The Hall–Kier alpha value is -1.37. The zero-order valence-electron chi connectivity index (χ0n) is 28.0. The van der Waals surface area contributed by atoms with Crippen LogP contribution in [0.15, 0.2) is 105 Å². The van der Waals surface area contributed by atoms with Crippen LogP contribution < -0.4 is 24.8 Å². The average molecular weight is 693 g/mol. The SMILES string of the molecule is C[CH]=[Ti+][C]1(C2C=Cc3ccccc32)C(C)=C(C)C(C)=C1C.C[CH]=[Ti+][C]1(C2C=Cc3ccccc32)C(C)=C(C)C(C)=C1C.[Cl-].[Cl-]. The Morgan fingerprint density at radius 3 is 1.09 bits per heavy atom. The Kier molecular flexibility index (Phi) is 12.3. The molecule has 0 bridgehead atoms. The zero-order valence-corrected chi connectivity index (χ0v) is 32.6. The molecule has 0 radical (unpaired) electrons. The van der Waals surface area contributed by atoms with Gasteiger partial charge in [0, 0.05) is 0 Å². The second kappa shape index (κ2) is 14.6. The summed E-state index contributed by atoms with van der Waals surface area (Å²) in [5, 5.41) is 0. The van der Waals surface area contributed by atoms with Crippen LogP contribution in [0.4, 0.5) is 0 Å². The third-order valence-electron chi connectivity index (χ3n) is 11.0. The van der Waals surface area contributed by atoms with E-state index in [-0.39, 0.29) is 69.6 Å². The summed E-state index contributed by atoms with van der Waals surface area (Å²) in [6, 6.07) is 17.8. The molecule has 0 heterocycles. The van der Waals surface area contributed by atoms with Gasteiger partial charge >= 0.3 is 274 Å². The van der Waals surface area contributed by atoms with Crippen LogP contribution in [0.2, 0.25) is 7.44 Å². The van der Waals surface area contributed by atoms with Gasteiger partial charge in [0.25, 0.3) is 0 Å². The molecular weight excluding hydrogens is 647 g/mol. The molecule has 4 aliphatic carbocycles. The molecule has 0 nitrogen and oxygen atoms in total. The first-order valence-corrected chi connectivity index (χ1v) is 18.8. The van der Waals surface area contributed by atoms with E-state index >= 15 is 0 Å². The fraction of sp³-hybridized carbons (Fsp3) is 0.350. The number of hydrogen-bond acceptors (Lipinski definition) is 0. The van der Waals surface area contributed by atoms with Crippen LogP contribution in [0.3, 0.4) is 0 Å². The van der Waals surface area contributed by atoms with Crippen molar-refractivity contribution in [2.24, 2.45) is 0 Å². The van der Waals surface area contributed by atoms with Gasteiger partial charge in [-0.25, -0.2) is 0 Å². The van der Waals surface area contributed by atoms with Crippen molar-refractivity contribution in [3.05, 3.63) is 128 Å². The Labute approximate surface area is 296 Å². The molecule has 0 saturated heterocycles. The summed E-state index contributed by atoms with van der Waals surface area (Å²) >= 11 is -0.368. The molecule has 0 N–H and O–H groups in total. The first-order valence-electron chi connectivity index (χ1n) is 15.5. The molecule has 2 aromatic rings. The van der Waals surface area contributed by atoms with E-state index in [0.717, 1.165) is 0 Å². The average Bonchev–Trinajstić information content (AvgIpc) is 3.71. The number of rotatable bonds is 4. The maximum absolute atomic E-state index is 2.47. The van der Waals surface area contributed by atoms with E-state index < -0.39 is 0 Å². The molecule has 0 fully saturated rings. The molecule has 0 aromatic heterocycles. The molecule has 4 heteroatoms. The summed E-state index contributed by atoms with van der Waals surface area (Å²) in [6.45, 7) is 23.2. The van der Waals surface area contributed by atoms with Crippen LogP contribution in [0, 0.1) is 0 Å². The molecule has 2 aromatic carbocycles. The maximum atomic E-state index is 2.47. The van der Waals surface area contributed by atoms with Crippen molar-refractivity contribution in [2.45, 2.75) is 88.5 Å². The van der Waals surface area contributed by atoms with Gasteiger partial charge in [-0.2, -0.15) is 0 Å². The minimum atomic E-state index is -0.184. The fourth-order valence-electron chi connectivity index (χ4n) is 8.13. The minimum Gasteiger partial charge on any atom is -1.00 e. The molecule has 0 saturated carbocycles. The molecule has 2 unspecified atom stereocenters. The van der Waals surface area contributed by atoms with Crippen molar-refractivity contribution in [1.29, 1.82) is 0 Å². The normalized spacial score (nSPS) is 22.1. The van der Waals surface area contributed by atoms with E-state index in [4.69, 9.17) is 0 Å². The second-order valence-corrected chi connectivity index (χ2v) is 17.6. The second-order valence-electron chi connectivity index (χ2n) is 12.4. The van der Waals surface area contributed by atoms with Gasteiger partial charge in [-0.05, 0) is 0 Å². The van der Waals surface area contributed by atoms with E-state index in [1.54, 1.807) is 22.3 Å². The van der Waals surface area contributed by atoms with E-state index in [2.05, 4.69) is 151 Å². The van der Waals surface area contributed by atoms with Crippen molar-refractivity contribution in [3.63, 3.8) is 0 Å². The monoisotopic (exact) mass is 692 g/mol. The fourth-order valence-corrected chi connectivity index (χ4v) is 13.4. The van der Waals surface area contributed by atoms with Crippen molar-refractivity contribution in [1.82, 2.24) is 0 Å². The standard InChI is InChI=1S/2C18H19.2C2H4.2ClH.2Ti/c2*1-11-12(2)14(4)18(13(11)3)17-10-9-15-7-5-6-8-16(15)17;2*1-2;;;;/h2*5-10,17H,1-4H3;2*1H,2H3;2*1H;;/q;;;;;;2*+1/p-2. The molecule has 44 heavy (non-hydrogen) atoms. The maximum Gasteiger partial charge on any atom is -1.00 e. The van der Waals surface area contributed by atoms with E-state index in [9.17, 15) is 0 Å². The molecule has 0 aliphatic heterocycles. The summed E-state index contributed by atoms with van der Waals surface area (Å²) in [6.07, 6.45) is 9.56. The summed E-state index contributed by atoms with van der Waals surface area (Å²) in [5.41, 5.74) is 18.4. The van der Waals surface area contributed by atoms with Crippen molar-refractivity contribution in [2.75, 3.05) is 0 Å². The molecule has 4 aliphatic rings. The third-order valence-corrected chi connectivity index (χ3v) is 16.7. The van der Waals surface area contributed by atoms with E-state index in [0.29, 0.717) is 11.8 Å². The number of halogens is 2. The van der Waals surface area contributed by atoms with Crippen LogP contribution in [-0.4, -0.2) is 8.63 Å². The third kappa shape index (κ3) is 5.61. The number of hydrogen-bond donors (Lipinski definition) is 0. The first-order chi connectivity index (χ1) is 20.1. The van der Waals surface area contributed by atoms with Crippen LogP contribution in [0.1, 0.15) is 103 Å². The Balaban J connectivity index is 0.000000230. The van der Waals surface area contributed by atoms with Crippen molar-refractivity contribution >= 4 is 20.8 Å². The minimum absolute atomic E-state index is 0. The molecule has 2 atom stereocenters. The summed E-state index contributed by atoms with van der Waals surface area (Å²) in [4.78, 5) is 0. The van der Waals surface area contributed by atoms with E-state index in [1.807, 2.05) is 0 Å². The van der Waals surface area contributed by atoms with Crippen LogP contribution in [0.5, 0.6) is 0 Å². The number of allylic oxidation sites excluding steroid dienone is 10. The first kappa shape index (κ1) is 37.1. The van der Waals surface area contributed by atoms with Crippen LogP contribution >= 0.6 is 0 Å². The topological polar surface area (TPSA) is 0 Å². The summed E-state index contributed by atoms with van der Waals surface area (Å²) < 4.78 is 5.47. The number of benzene rings is 2. The Bertz CT molecular complexity index is 1520. The largest absolute Gasteiger partial charge is 1.00 e. The van der Waals surface area contributed by atoms with Gasteiger partial charge in [0.1, 0.15) is 0 Å². The van der Waals surface area contributed by atoms with Gasteiger partial charge in [0.2, 0.25) is 0 Å². The predicted octanol–water partition coefficient (Wildman–Crippen LogP) is 5.10. The van der Waals surface area contributed by atoms with Crippen LogP contribution in [-0.2, 0) is 37.4 Å². The van der Waals surface area contributed by atoms with Gasteiger partial charge in [-0.15, -0.1) is 0 Å². The number of fused-ring (bicyclic) bond motifs is 2. The molecular formula is C40H46Cl2Ti2. The summed E-state index contributed by atoms with van der Waals surface area (Å²) in [5.74, 6) is 1.05. The van der Waals surface area contributed by atoms with Crippen molar-refractivity contribution < 1.29 is 62.2 Å². The zero-order chi connectivity index (χ0) is 30.4. The molecule has 0 amide bonds.